The van der Waals surface area contributed by atoms with Crippen LogP contribution in [0.4, 0.5) is 0 Å². The molecule has 19 heavy (non-hydrogen) atoms. The molecular weight excluding hydrogens is 279 g/mol. The van der Waals surface area contributed by atoms with Crippen molar-refractivity contribution in [2.75, 3.05) is 0 Å². The van der Waals surface area contributed by atoms with Crippen LogP contribution in [0.2, 0.25) is 5.02 Å². The highest BCUT2D eigenvalue weighted by Crippen LogP contribution is 2.24. The minimum Gasteiger partial charge on any atom is -0.402 e. The summed E-state index contributed by atoms with van der Waals surface area (Å²) in [4.78, 5) is 4.43. The molecule has 2 rings (SSSR count). The van der Waals surface area contributed by atoms with Crippen molar-refractivity contribution in [2.45, 2.75) is 38.6 Å². The summed E-state index contributed by atoms with van der Waals surface area (Å²) in [7, 11) is 0. The molecule has 4 heteroatoms. The summed E-state index contributed by atoms with van der Waals surface area (Å²) >= 11 is 12.4. The van der Waals surface area contributed by atoms with Crippen LogP contribution in [0.5, 0.6) is 0 Å². The summed E-state index contributed by atoms with van der Waals surface area (Å²) in [5.41, 5.74) is 8.96. The Labute approximate surface area is 124 Å². The summed E-state index contributed by atoms with van der Waals surface area (Å²) < 4.78 is 0. The molecule has 0 saturated carbocycles. The van der Waals surface area contributed by atoms with Crippen molar-refractivity contribution in [3.05, 3.63) is 46.1 Å². The summed E-state index contributed by atoms with van der Waals surface area (Å²) in [6.07, 6.45) is 5.33. The molecule has 2 nitrogen and oxygen atoms in total. The average Bonchev–Trinajstić information content (AvgIpc) is 2.62. The van der Waals surface area contributed by atoms with Crippen LogP contribution in [0.25, 0.3) is 0 Å². The van der Waals surface area contributed by atoms with Crippen LogP contribution in [0.1, 0.15) is 37.7 Å². The molecule has 0 atom stereocenters. The van der Waals surface area contributed by atoms with Crippen LogP contribution < -0.4 is 5.73 Å². The molecule has 1 aromatic carbocycles. The molecule has 0 aromatic heterocycles. The van der Waals surface area contributed by atoms with Gasteiger partial charge in [0, 0.05) is 16.3 Å². The molecule has 1 aromatic rings. The number of allylic oxidation sites excluding steroid dienone is 2. The highest BCUT2D eigenvalue weighted by molar-refractivity contribution is 6.69. The first-order chi connectivity index (χ1) is 9.18. The predicted molar refractivity (Wildman–Crippen MR) is 82.7 cm³/mol. The Hall–Kier alpha value is -0.990. The Balaban J connectivity index is 2.12. The Bertz CT molecular complexity index is 507. The van der Waals surface area contributed by atoms with E-state index in [1.807, 2.05) is 24.3 Å². The first-order valence-corrected chi connectivity index (χ1v) is 7.35. The van der Waals surface area contributed by atoms with E-state index in [0.717, 1.165) is 47.5 Å². The van der Waals surface area contributed by atoms with Gasteiger partial charge in [-0.3, -0.25) is 4.99 Å². The number of nitrogens with two attached hydrogens (primary N) is 1. The first-order valence-electron chi connectivity index (χ1n) is 6.59. The maximum Gasteiger partial charge on any atom is 0.128 e. The Morgan fingerprint density at radius 2 is 1.89 bits per heavy atom. The molecule has 1 aliphatic rings. The van der Waals surface area contributed by atoms with Gasteiger partial charge in [0.05, 0.1) is 6.54 Å². The molecule has 1 aliphatic carbocycles. The molecule has 0 radical (unpaired) electrons. The summed E-state index contributed by atoms with van der Waals surface area (Å²) in [5.74, 6) is 0. The lowest BCUT2D eigenvalue weighted by Gasteiger charge is -2.07. The van der Waals surface area contributed by atoms with Crippen molar-refractivity contribution >= 4 is 28.4 Å². The van der Waals surface area contributed by atoms with Gasteiger partial charge in [-0.2, -0.15) is 0 Å². The largest absolute Gasteiger partial charge is 0.402 e. The SMILES string of the molecule is NC1=C(C(Cl)=NCc2ccccc2Cl)CCCCC1. The zero-order valence-electron chi connectivity index (χ0n) is 10.8. The van der Waals surface area contributed by atoms with Gasteiger partial charge in [0.1, 0.15) is 5.17 Å². The van der Waals surface area contributed by atoms with E-state index in [1.54, 1.807) is 0 Å². The lowest BCUT2D eigenvalue weighted by atomic mass is 10.1. The van der Waals surface area contributed by atoms with E-state index in [1.165, 1.54) is 6.42 Å². The quantitative estimate of drug-likeness (QED) is 0.810. The monoisotopic (exact) mass is 296 g/mol. The van der Waals surface area contributed by atoms with Crippen LogP contribution in [-0.2, 0) is 6.54 Å². The zero-order valence-corrected chi connectivity index (χ0v) is 12.3. The number of aliphatic imine (C=N–C) groups is 1. The zero-order chi connectivity index (χ0) is 13.7. The molecule has 102 valence electrons. The van der Waals surface area contributed by atoms with Crippen LogP contribution >= 0.6 is 23.2 Å². The second kappa shape index (κ2) is 6.97. The minimum absolute atomic E-state index is 0.495. The molecule has 0 unspecified atom stereocenters. The maximum absolute atomic E-state index is 6.30. The number of halogens is 2. The fraction of sp³-hybridized carbons (Fsp3) is 0.400. The van der Waals surface area contributed by atoms with Gasteiger partial charge in [-0.1, -0.05) is 47.8 Å². The number of rotatable bonds is 3. The molecule has 0 amide bonds. The van der Waals surface area contributed by atoms with Crippen LogP contribution in [0.3, 0.4) is 0 Å². The Kier molecular flexibility index (Phi) is 5.29. The second-order valence-electron chi connectivity index (χ2n) is 4.76. The third-order valence-corrected chi connectivity index (χ3v) is 4.07. The minimum atomic E-state index is 0.495. The first kappa shape index (κ1) is 14.4. The fourth-order valence-corrected chi connectivity index (χ4v) is 2.69. The second-order valence-corrected chi connectivity index (χ2v) is 5.53. The topological polar surface area (TPSA) is 38.4 Å². The highest BCUT2D eigenvalue weighted by atomic mass is 35.5. The summed E-state index contributed by atoms with van der Waals surface area (Å²) in [5, 5.41) is 1.26. The third kappa shape index (κ3) is 3.99. The molecule has 0 bridgehead atoms. The Morgan fingerprint density at radius 1 is 1.16 bits per heavy atom. The van der Waals surface area contributed by atoms with E-state index in [9.17, 15) is 0 Å². The van der Waals surface area contributed by atoms with Gasteiger partial charge < -0.3 is 5.73 Å². The lowest BCUT2D eigenvalue weighted by molar-refractivity contribution is 0.708. The molecule has 0 aliphatic heterocycles. The number of benzene rings is 1. The van der Waals surface area contributed by atoms with Gasteiger partial charge in [0.2, 0.25) is 0 Å². The van der Waals surface area contributed by atoms with E-state index in [-0.39, 0.29) is 0 Å². The van der Waals surface area contributed by atoms with Crippen molar-refractivity contribution < 1.29 is 0 Å². The van der Waals surface area contributed by atoms with Gasteiger partial charge in [0.15, 0.2) is 0 Å². The summed E-state index contributed by atoms with van der Waals surface area (Å²) in [6, 6.07) is 7.67. The van der Waals surface area contributed by atoms with Crippen molar-refractivity contribution in [2.24, 2.45) is 10.7 Å². The van der Waals surface area contributed by atoms with Gasteiger partial charge in [-0.25, -0.2) is 0 Å². The predicted octanol–water partition coefficient (Wildman–Crippen LogP) is 4.65. The van der Waals surface area contributed by atoms with E-state index in [4.69, 9.17) is 28.9 Å². The average molecular weight is 297 g/mol. The van der Waals surface area contributed by atoms with Crippen LogP contribution in [-0.4, -0.2) is 5.17 Å². The highest BCUT2D eigenvalue weighted by Gasteiger charge is 2.12. The number of nitrogens with zero attached hydrogens (tertiary/aromatic N) is 1. The number of hydrogen-bond donors (Lipinski definition) is 1. The molecule has 0 heterocycles. The Morgan fingerprint density at radius 3 is 2.68 bits per heavy atom. The molecule has 0 saturated heterocycles. The maximum atomic E-state index is 6.30. The molecule has 0 spiro atoms. The van der Waals surface area contributed by atoms with Crippen LogP contribution in [0, 0.1) is 0 Å². The van der Waals surface area contributed by atoms with E-state index >= 15 is 0 Å². The smallest absolute Gasteiger partial charge is 0.128 e. The third-order valence-electron chi connectivity index (χ3n) is 3.36. The van der Waals surface area contributed by atoms with Crippen molar-refractivity contribution in [3.63, 3.8) is 0 Å². The van der Waals surface area contributed by atoms with Crippen molar-refractivity contribution in [1.29, 1.82) is 0 Å². The van der Waals surface area contributed by atoms with Gasteiger partial charge in [0.25, 0.3) is 0 Å². The van der Waals surface area contributed by atoms with E-state index in [0.29, 0.717) is 11.7 Å². The van der Waals surface area contributed by atoms with Gasteiger partial charge in [-0.15, -0.1) is 0 Å². The summed E-state index contributed by atoms with van der Waals surface area (Å²) in [6.45, 7) is 0.495. The van der Waals surface area contributed by atoms with Gasteiger partial charge >= 0.3 is 0 Å². The number of hydrogen-bond acceptors (Lipinski definition) is 2. The standard InChI is InChI=1S/C15H18Cl2N2/c16-13-8-5-4-6-11(13)10-19-15(17)12-7-2-1-3-9-14(12)18/h4-6,8H,1-3,7,9-10,18H2. The van der Waals surface area contributed by atoms with E-state index in [2.05, 4.69) is 4.99 Å². The normalized spacial score (nSPS) is 17.5. The lowest BCUT2D eigenvalue weighted by Crippen LogP contribution is -2.06. The van der Waals surface area contributed by atoms with E-state index < -0.39 is 0 Å². The van der Waals surface area contributed by atoms with Crippen molar-refractivity contribution in [3.8, 4) is 0 Å². The molecule has 0 fully saturated rings. The molecule has 2 N–H and O–H groups in total. The van der Waals surface area contributed by atoms with Crippen molar-refractivity contribution in [1.82, 2.24) is 0 Å². The van der Waals surface area contributed by atoms with Crippen LogP contribution in [0.15, 0.2) is 40.5 Å². The fourth-order valence-electron chi connectivity index (χ4n) is 2.22. The molecular formula is C15H18Cl2N2. The van der Waals surface area contributed by atoms with Gasteiger partial charge in [-0.05, 0) is 37.3 Å².